The van der Waals surface area contributed by atoms with Crippen molar-refractivity contribution in [3.05, 3.63) is 0 Å². The molecule has 0 aliphatic carbocycles. The van der Waals surface area contributed by atoms with Gasteiger partial charge in [0.15, 0.2) is 0 Å². The fourth-order valence-electron chi connectivity index (χ4n) is 0.702. The number of rotatable bonds is 5. The molecule has 0 aliphatic rings. The summed E-state index contributed by atoms with van der Waals surface area (Å²) >= 11 is 0. The first-order chi connectivity index (χ1) is 7.50. The highest BCUT2D eigenvalue weighted by atomic mass is 19.4. The molecule has 0 aromatic carbocycles. The molecule has 8 heteroatoms. The molecular formula is C9H12F4O4. The van der Waals surface area contributed by atoms with Crippen molar-refractivity contribution in [1.82, 2.24) is 0 Å². The van der Waals surface area contributed by atoms with Crippen LogP contribution in [0.2, 0.25) is 0 Å². The van der Waals surface area contributed by atoms with Gasteiger partial charge in [0.2, 0.25) is 0 Å². The van der Waals surface area contributed by atoms with E-state index in [2.05, 4.69) is 9.47 Å². The molecular weight excluding hydrogens is 248 g/mol. The van der Waals surface area contributed by atoms with Crippen molar-refractivity contribution in [2.75, 3.05) is 6.67 Å². The Kier molecular flexibility index (Phi) is 4.50. The second-order valence-electron chi connectivity index (χ2n) is 4.03. The van der Waals surface area contributed by atoms with Crippen LogP contribution in [-0.2, 0) is 19.1 Å². The maximum absolute atomic E-state index is 12.5. The molecule has 0 bridgehead atoms. The number of carbonyl (C=O) groups is 2. The normalized spacial score (nSPS) is 15.9. The molecule has 0 saturated heterocycles. The summed E-state index contributed by atoms with van der Waals surface area (Å²) in [5.74, 6) is -1.88. The van der Waals surface area contributed by atoms with Gasteiger partial charge >= 0.3 is 12.1 Å². The zero-order valence-electron chi connectivity index (χ0n) is 9.43. The Morgan fingerprint density at radius 2 is 1.71 bits per heavy atom. The first kappa shape index (κ1) is 15.7. The monoisotopic (exact) mass is 260 g/mol. The lowest BCUT2D eigenvalue weighted by Gasteiger charge is -2.31. The molecule has 0 aromatic rings. The van der Waals surface area contributed by atoms with Crippen LogP contribution in [0.1, 0.15) is 20.8 Å². The Bertz CT molecular complexity index is 300. The van der Waals surface area contributed by atoms with Crippen LogP contribution >= 0.6 is 0 Å². The van der Waals surface area contributed by atoms with E-state index < -0.39 is 36.5 Å². The van der Waals surface area contributed by atoms with Crippen LogP contribution in [0.25, 0.3) is 0 Å². The molecule has 100 valence electrons. The van der Waals surface area contributed by atoms with Crippen molar-refractivity contribution < 1.29 is 36.6 Å². The summed E-state index contributed by atoms with van der Waals surface area (Å²) in [4.78, 5) is 21.3. The summed E-state index contributed by atoms with van der Waals surface area (Å²) in [7, 11) is 0. The molecule has 0 amide bonds. The minimum absolute atomic E-state index is 0.331. The Morgan fingerprint density at radius 1 is 1.24 bits per heavy atom. The van der Waals surface area contributed by atoms with Crippen molar-refractivity contribution in [2.45, 2.75) is 38.1 Å². The van der Waals surface area contributed by atoms with Crippen molar-refractivity contribution in [2.24, 2.45) is 0 Å². The Morgan fingerprint density at radius 3 is 2.00 bits per heavy atom. The smallest absolute Gasteiger partial charge is 0.439 e. The largest absolute Gasteiger partial charge is 0.454 e. The van der Waals surface area contributed by atoms with E-state index in [4.69, 9.17) is 0 Å². The van der Waals surface area contributed by atoms with Gasteiger partial charge in [0, 0.05) is 0 Å². The topological polar surface area (TPSA) is 52.6 Å². The molecule has 1 unspecified atom stereocenters. The second kappa shape index (κ2) is 4.89. The van der Waals surface area contributed by atoms with Crippen molar-refractivity contribution in [1.29, 1.82) is 0 Å². The average molecular weight is 260 g/mol. The van der Waals surface area contributed by atoms with E-state index in [0.717, 1.165) is 13.8 Å². The molecule has 0 saturated carbocycles. The predicted octanol–water partition coefficient (Wildman–Crippen LogP) is 1.77. The minimum atomic E-state index is -5.16. The maximum atomic E-state index is 12.5. The van der Waals surface area contributed by atoms with Crippen molar-refractivity contribution >= 4 is 12.4 Å². The zero-order valence-corrected chi connectivity index (χ0v) is 9.43. The van der Waals surface area contributed by atoms with E-state index >= 15 is 0 Å². The van der Waals surface area contributed by atoms with Gasteiger partial charge in [-0.15, -0.1) is 0 Å². The van der Waals surface area contributed by atoms with Gasteiger partial charge in [0.25, 0.3) is 12.1 Å². The number of alkyl halides is 4. The number of ether oxygens (including phenoxy) is 2. The highest BCUT2D eigenvalue weighted by molar-refractivity contribution is 5.81. The number of hydrogen-bond donors (Lipinski definition) is 0. The Hall–Kier alpha value is -1.34. The molecule has 0 spiro atoms. The lowest BCUT2D eigenvalue weighted by molar-refractivity contribution is -0.265. The van der Waals surface area contributed by atoms with Gasteiger partial charge in [-0.25, -0.2) is 9.18 Å². The van der Waals surface area contributed by atoms with Crippen LogP contribution in [0, 0.1) is 0 Å². The van der Waals surface area contributed by atoms with Gasteiger partial charge in [-0.05, 0) is 20.8 Å². The fraction of sp³-hybridized carbons (Fsp3) is 0.778. The van der Waals surface area contributed by atoms with E-state index in [1.165, 1.54) is 0 Å². The van der Waals surface area contributed by atoms with E-state index in [-0.39, 0.29) is 0 Å². The van der Waals surface area contributed by atoms with Gasteiger partial charge in [-0.1, -0.05) is 0 Å². The average Bonchev–Trinajstić information content (AvgIpc) is 2.15. The molecule has 0 radical (unpaired) electrons. The van der Waals surface area contributed by atoms with Crippen LogP contribution < -0.4 is 0 Å². The summed E-state index contributed by atoms with van der Waals surface area (Å²) in [6.45, 7) is 0.814. The van der Waals surface area contributed by atoms with E-state index in [0.29, 0.717) is 6.92 Å². The van der Waals surface area contributed by atoms with Crippen LogP contribution in [0.3, 0.4) is 0 Å². The first-order valence-electron chi connectivity index (χ1n) is 4.48. The van der Waals surface area contributed by atoms with E-state index in [1.807, 2.05) is 0 Å². The van der Waals surface area contributed by atoms with Crippen LogP contribution in [0.4, 0.5) is 17.6 Å². The van der Waals surface area contributed by atoms with Crippen LogP contribution in [-0.4, -0.2) is 36.5 Å². The number of hydrogen-bond acceptors (Lipinski definition) is 4. The van der Waals surface area contributed by atoms with Gasteiger partial charge in [0.05, 0.1) is 0 Å². The second-order valence-corrected chi connectivity index (χ2v) is 4.03. The highest BCUT2D eigenvalue weighted by Crippen LogP contribution is 2.35. The molecule has 0 N–H and O–H groups in total. The Balaban J connectivity index is 5.10. The maximum Gasteiger partial charge on any atom is 0.439 e. The molecule has 0 fully saturated rings. The van der Waals surface area contributed by atoms with Gasteiger partial charge in [-0.2, -0.15) is 13.2 Å². The quantitative estimate of drug-likeness (QED) is 0.429. The minimum Gasteiger partial charge on any atom is -0.454 e. The van der Waals surface area contributed by atoms with E-state index in [1.54, 1.807) is 0 Å². The fourth-order valence-corrected chi connectivity index (χ4v) is 0.702. The molecule has 0 rings (SSSR count). The van der Waals surface area contributed by atoms with Crippen LogP contribution in [0.5, 0.6) is 0 Å². The van der Waals surface area contributed by atoms with Gasteiger partial charge in [-0.3, -0.25) is 4.79 Å². The van der Waals surface area contributed by atoms with Crippen molar-refractivity contribution in [3.8, 4) is 0 Å². The predicted molar refractivity (Wildman–Crippen MR) is 47.8 cm³/mol. The molecule has 1 atom stereocenters. The SMILES string of the molecule is CC(C)(CF)OC(=O)C(C)(OC=O)C(F)(F)F. The summed E-state index contributed by atoms with van der Waals surface area (Å²) in [6.07, 6.45) is -5.16. The Labute approximate surface area is 94.9 Å². The number of esters is 1. The van der Waals surface area contributed by atoms with E-state index in [9.17, 15) is 27.2 Å². The summed E-state index contributed by atoms with van der Waals surface area (Å²) in [5.41, 5.74) is -5.17. The lowest BCUT2D eigenvalue weighted by atomic mass is 10.1. The number of carbonyl (C=O) groups excluding carboxylic acids is 2. The third kappa shape index (κ3) is 3.57. The summed E-state index contributed by atoms with van der Waals surface area (Å²) in [5, 5.41) is 0. The number of halogens is 4. The molecule has 0 aromatic heterocycles. The third-order valence-corrected chi connectivity index (χ3v) is 1.91. The summed E-state index contributed by atoms with van der Waals surface area (Å²) in [6, 6.07) is 0. The molecule has 0 heterocycles. The van der Waals surface area contributed by atoms with Gasteiger partial charge < -0.3 is 9.47 Å². The molecule has 0 aliphatic heterocycles. The van der Waals surface area contributed by atoms with Gasteiger partial charge in [0.1, 0.15) is 12.3 Å². The molecule has 4 nitrogen and oxygen atoms in total. The highest BCUT2D eigenvalue weighted by Gasteiger charge is 2.61. The molecule has 17 heavy (non-hydrogen) atoms. The third-order valence-electron chi connectivity index (χ3n) is 1.91. The first-order valence-corrected chi connectivity index (χ1v) is 4.48. The lowest BCUT2D eigenvalue weighted by Crippen LogP contribution is -2.54. The summed E-state index contributed by atoms with van der Waals surface area (Å²) < 4.78 is 58.0. The van der Waals surface area contributed by atoms with Crippen LogP contribution in [0.15, 0.2) is 0 Å². The van der Waals surface area contributed by atoms with Crippen molar-refractivity contribution in [3.63, 3.8) is 0 Å². The zero-order chi connectivity index (χ0) is 13.9. The standard InChI is InChI=1S/C9H12F4O4/c1-7(2,4-10)17-6(15)8(3,16-5-14)9(11,12)13/h5H,4H2,1-3H3.